The molecule has 1 atom stereocenters. The third-order valence-electron chi connectivity index (χ3n) is 6.78. The molecular formula is C27H26N4O5S. The summed E-state index contributed by atoms with van der Waals surface area (Å²) in [6.45, 7) is 0.473. The summed E-state index contributed by atoms with van der Waals surface area (Å²) in [6.07, 6.45) is 1.61. The number of anilines is 1. The standard InChI is InChI=1S/C27H26N4O5S/c1-29-23-15-14-20(17-21(23)25(32)30(2)27(29)34)37(35,36)28-24(19-10-4-3-5-11-19)26(33)31-16-8-12-18-9-6-7-13-22(18)31/h3-7,9-11,13-15,17,24,28H,8,12,16H2,1-2H3/t24-/m1/s1. The molecule has 0 unspecified atom stereocenters. The molecule has 190 valence electrons. The molecule has 37 heavy (non-hydrogen) atoms. The molecule has 5 rings (SSSR count). The average molecular weight is 519 g/mol. The van der Waals surface area contributed by atoms with Gasteiger partial charge in [-0.05, 0) is 48.2 Å². The highest BCUT2D eigenvalue weighted by atomic mass is 32.2. The molecule has 0 bridgehead atoms. The van der Waals surface area contributed by atoms with Gasteiger partial charge in [0.25, 0.3) is 5.56 Å². The Labute approximate surface area is 213 Å². The fourth-order valence-electron chi connectivity index (χ4n) is 4.79. The number of rotatable bonds is 5. The van der Waals surface area contributed by atoms with Crippen molar-refractivity contribution in [2.75, 3.05) is 11.4 Å². The van der Waals surface area contributed by atoms with Crippen LogP contribution in [0.15, 0.2) is 87.3 Å². The Kier molecular flexibility index (Phi) is 6.30. The average Bonchev–Trinajstić information content (AvgIpc) is 2.93. The number of benzene rings is 3. The topological polar surface area (TPSA) is 110 Å². The Hall–Kier alpha value is -4.02. The maximum Gasteiger partial charge on any atom is 0.330 e. The maximum absolute atomic E-state index is 13.9. The van der Waals surface area contributed by atoms with E-state index in [0.717, 1.165) is 28.7 Å². The number of nitrogens with zero attached hydrogens (tertiary/aromatic N) is 3. The number of carbonyl (C=O) groups excluding carboxylic acids is 1. The Morgan fingerprint density at radius 2 is 1.62 bits per heavy atom. The lowest BCUT2D eigenvalue weighted by molar-refractivity contribution is -0.120. The number of carbonyl (C=O) groups is 1. The second kappa shape index (κ2) is 9.45. The molecule has 1 aromatic heterocycles. The number of fused-ring (bicyclic) bond motifs is 2. The second-order valence-corrected chi connectivity index (χ2v) is 10.8. The lowest BCUT2D eigenvalue weighted by atomic mass is 9.99. The molecule has 0 spiro atoms. The second-order valence-electron chi connectivity index (χ2n) is 9.07. The van der Waals surface area contributed by atoms with Gasteiger partial charge in [0.05, 0.1) is 15.8 Å². The summed E-state index contributed by atoms with van der Waals surface area (Å²) in [6, 6.07) is 19.1. The van der Waals surface area contributed by atoms with Crippen molar-refractivity contribution >= 4 is 32.5 Å². The minimum absolute atomic E-state index is 0.0834. The molecule has 3 aromatic carbocycles. The van der Waals surface area contributed by atoms with E-state index in [2.05, 4.69) is 4.72 Å². The first-order chi connectivity index (χ1) is 17.7. The predicted octanol–water partition coefficient (Wildman–Crippen LogP) is 2.24. The van der Waals surface area contributed by atoms with E-state index in [9.17, 15) is 22.8 Å². The summed E-state index contributed by atoms with van der Waals surface area (Å²) in [5.41, 5.74) is 1.51. The number of hydrogen-bond acceptors (Lipinski definition) is 5. The van der Waals surface area contributed by atoms with Crippen LogP contribution in [0, 0.1) is 0 Å². The summed E-state index contributed by atoms with van der Waals surface area (Å²) in [5.74, 6) is -0.388. The quantitative estimate of drug-likeness (QED) is 0.436. The third kappa shape index (κ3) is 4.38. The summed E-state index contributed by atoms with van der Waals surface area (Å²) in [4.78, 5) is 40.3. The SMILES string of the molecule is Cn1c(=O)c2cc(S(=O)(=O)N[C@@H](C(=O)N3CCCc4ccccc43)c3ccccc3)ccc2n(C)c1=O. The first kappa shape index (κ1) is 24.7. The lowest BCUT2D eigenvalue weighted by Crippen LogP contribution is -2.45. The number of aromatic nitrogens is 2. The number of sulfonamides is 1. The normalized spacial score (nSPS) is 14.4. The summed E-state index contributed by atoms with van der Waals surface area (Å²) in [7, 11) is -1.40. The molecule has 0 radical (unpaired) electrons. The Morgan fingerprint density at radius 1 is 0.919 bits per heavy atom. The van der Waals surface area contributed by atoms with Crippen LogP contribution in [0.1, 0.15) is 23.6 Å². The van der Waals surface area contributed by atoms with Gasteiger partial charge in [0.2, 0.25) is 15.9 Å². The zero-order valence-electron chi connectivity index (χ0n) is 20.4. The van der Waals surface area contributed by atoms with Gasteiger partial charge >= 0.3 is 5.69 Å². The van der Waals surface area contributed by atoms with Crippen LogP contribution in [0.2, 0.25) is 0 Å². The number of nitrogens with one attached hydrogen (secondary N) is 1. The van der Waals surface area contributed by atoms with Crippen LogP contribution in [-0.4, -0.2) is 30.0 Å². The van der Waals surface area contributed by atoms with E-state index in [1.807, 2.05) is 24.3 Å². The van der Waals surface area contributed by atoms with E-state index in [4.69, 9.17) is 0 Å². The van der Waals surface area contributed by atoms with Crippen molar-refractivity contribution < 1.29 is 13.2 Å². The largest absolute Gasteiger partial charge is 0.330 e. The van der Waals surface area contributed by atoms with Gasteiger partial charge in [-0.25, -0.2) is 13.2 Å². The minimum atomic E-state index is -4.25. The molecule has 1 N–H and O–H groups in total. The van der Waals surface area contributed by atoms with Crippen molar-refractivity contribution in [3.63, 3.8) is 0 Å². The minimum Gasteiger partial charge on any atom is -0.310 e. The van der Waals surface area contributed by atoms with E-state index in [-0.39, 0.29) is 16.2 Å². The molecule has 2 heterocycles. The van der Waals surface area contributed by atoms with Crippen molar-refractivity contribution in [3.8, 4) is 0 Å². The molecule has 0 saturated heterocycles. The van der Waals surface area contributed by atoms with Gasteiger partial charge in [-0.2, -0.15) is 4.72 Å². The van der Waals surface area contributed by atoms with Crippen LogP contribution in [0.5, 0.6) is 0 Å². The maximum atomic E-state index is 13.9. The Balaban J connectivity index is 1.57. The molecule has 10 heteroatoms. The first-order valence-electron chi connectivity index (χ1n) is 11.9. The molecule has 0 saturated carbocycles. The number of hydrogen-bond donors (Lipinski definition) is 1. The summed E-state index contributed by atoms with van der Waals surface area (Å²) in [5, 5.41) is 0.0834. The van der Waals surface area contributed by atoms with Gasteiger partial charge in [-0.15, -0.1) is 0 Å². The van der Waals surface area contributed by atoms with Crippen LogP contribution < -0.4 is 20.9 Å². The van der Waals surface area contributed by atoms with E-state index in [0.29, 0.717) is 17.6 Å². The highest BCUT2D eigenvalue weighted by molar-refractivity contribution is 7.89. The van der Waals surface area contributed by atoms with Crippen molar-refractivity contribution in [1.82, 2.24) is 13.9 Å². The van der Waals surface area contributed by atoms with Gasteiger partial charge in [0, 0.05) is 26.3 Å². The number of para-hydroxylation sites is 1. The van der Waals surface area contributed by atoms with Crippen molar-refractivity contribution in [1.29, 1.82) is 0 Å². The molecule has 0 aliphatic carbocycles. The molecule has 9 nitrogen and oxygen atoms in total. The van der Waals surface area contributed by atoms with E-state index in [1.165, 1.54) is 36.9 Å². The zero-order valence-corrected chi connectivity index (χ0v) is 21.2. The Morgan fingerprint density at radius 3 is 2.38 bits per heavy atom. The first-order valence-corrected chi connectivity index (χ1v) is 13.3. The summed E-state index contributed by atoms with van der Waals surface area (Å²) >= 11 is 0. The van der Waals surface area contributed by atoms with Gasteiger partial charge in [-0.1, -0.05) is 48.5 Å². The molecular weight excluding hydrogens is 492 g/mol. The van der Waals surface area contributed by atoms with Crippen LogP contribution in [0.3, 0.4) is 0 Å². The highest BCUT2D eigenvalue weighted by Crippen LogP contribution is 2.30. The van der Waals surface area contributed by atoms with Gasteiger partial charge in [0.1, 0.15) is 6.04 Å². The van der Waals surface area contributed by atoms with Gasteiger partial charge in [0.15, 0.2) is 0 Å². The molecule has 1 aliphatic heterocycles. The number of amides is 1. The molecule has 4 aromatic rings. The van der Waals surface area contributed by atoms with Crippen LogP contribution in [0.25, 0.3) is 10.9 Å². The van der Waals surface area contributed by atoms with E-state index < -0.39 is 27.3 Å². The molecule has 0 fully saturated rings. The van der Waals surface area contributed by atoms with Crippen LogP contribution in [0.4, 0.5) is 5.69 Å². The number of aryl methyl sites for hydroxylation is 2. The highest BCUT2D eigenvalue weighted by Gasteiger charge is 2.33. The van der Waals surface area contributed by atoms with E-state index in [1.54, 1.807) is 35.2 Å². The van der Waals surface area contributed by atoms with E-state index >= 15 is 0 Å². The predicted molar refractivity (Wildman–Crippen MR) is 141 cm³/mol. The lowest BCUT2D eigenvalue weighted by Gasteiger charge is -2.32. The fraction of sp³-hybridized carbons (Fsp3) is 0.222. The van der Waals surface area contributed by atoms with Crippen molar-refractivity contribution in [2.24, 2.45) is 14.1 Å². The van der Waals surface area contributed by atoms with Gasteiger partial charge < -0.3 is 4.90 Å². The molecule has 1 amide bonds. The smallest absolute Gasteiger partial charge is 0.310 e. The van der Waals surface area contributed by atoms with Crippen LogP contribution >= 0.6 is 0 Å². The summed E-state index contributed by atoms with van der Waals surface area (Å²) < 4.78 is 32.0. The fourth-order valence-corrected chi connectivity index (χ4v) is 5.99. The van der Waals surface area contributed by atoms with Crippen molar-refractivity contribution in [2.45, 2.75) is 23.8 Å². The molecule has 1 aliphatic rings. The monoisotopic (exact) mass is 518 g/mol. The van der Waals surface area contributed by atoms with Crippen molar-refractivity contribution in [3.05, 3.63) is 105 Å². The zero-order chi connectivity index (χ0) is 26.3. The van der Waals surface area contributed by atoms with Crippen LogP contribution in [-0.2, 0) is 35.3 Å². The third-order valence-corrected chi connectivity index (χ3v) is 8.20. The van der Waals surface area contributed by atoms with Gasteiger partial charge in [-0.3, -0.25) is 18.7 Å². The Bertz CT molecular complexity index is 1740.